The summed E-state index contributed by atoms with van der Waals surface area (Å²) in [6, 6.07) is 7.99. The lowest BCUT2D eigenvalue weighted by atomic mass is 10.1. The van der Waals surface area contributed by atoms with Gasteiger partial charge in [-0.3, -0.25) is 9.69 Å². The van der Waals surface area contributed by atoms with Crippen molar-refractivity contribution in [3.8, 4) is 0 Å². The Labute approximate surface area is 162 Å². The van der Waals surface area contributed by atoms with Gasteiger partial charge < -0.3 is 10.6 Å². The van der Waals surface area contributed by atoms with Crippen molar-refractivity contribution in [1.82, 2.24) is 15.5 Å². The second kappa shape index (κ2) is 11.0. The molecule has 2 unspecified atom stereocenters. The van der Waals surface area contributed by atoms with Gasteiger partial charge in [0, 0.05) is 49.3 Å². The quantitative estimate of drug-likeness (QED) is 0.677. The molecule has 26 heavy (non-hydrogen) atoms. The first-order valence-corrected chi connectivity index (χ1v) is 9.33. The van der Waals surface area contributed by atoms with Gasteiger partial charge in [-0.25, -0.2) is 0 Å². The maximum atomic E-state index is 13.3. The molecule has 1 heterocycles. The Bertz CT molecular complexity index is 542. The molecule has 1 saturated heterocycles. The number of thioether (sulfide) groups is 1. The number of amides is 1. The van der Waals surface area contributed by atoms with E-state index in [9.17, 15) is 18.0 Å². The van der Waals surface area contributed by atoms with Gasteiger partial charge in [0.1, 0.15) is 6.04 Å². The first kappa shape index (κ1) is 23.1. The Morgan fingerprint density at radius 2 is 1.88 bits per heavy atom. The van der Waals surface area contributed by atoms with Crippen molar-refractivity contribution in [1.29, 1.82) is 0 Å². The van der Waals surface area contributed by atoms with Crippen LogP contribution >= 0.6 is 24.2 Å². The van der Waals surface area contributed by atoms with Gasteiger partial charge in [-0.2, -0.15) is 13.2 Å². The molecule has 1 aliphatic heterocycles. The second-order valence-corrected chi connectivity index (χ2v) is 7.21. The molecule has 2 atom stereocenters. The predicted molar refractivity (Wildman–Crippen MR) is 101 cm³/mol. The Balaban J connectivity index is 0.00000338. The normalized spacial score (nSPS) is 17.8. The fourth-order valence-corrected chi connectivity index (χ4v) is 3.57. The van der Waals surface area contributed by atoms with Crippen LogP contribution in [0.1, 0.15) is 6.92 Å². The van der Waals surface area contributed by atoms with E-state index in [0.717, 1.165) is 4.90 Å². The number of rotatable bonds is 7. The maximum absolute atomic E-state index is 13.3. The third-order valence-electron chi connectivity index (χ3n) is 4.13. The third-order valence-corrected chi connectivity index (χ3v) is 5.40. The molecule has 1 fully saturated rings. The summed E-state index contributed by atoms with van der Waals surface area (Å²) in [5, 5.41) is 5.53. The van der Waals surface area contributed by atoms with Crippen molar-refractivity contribution in [2.75, 3.05) is 38.5 Å². The highest BCUT2D eigenvalue weighted by Crippen LogP contribution is 2.25. The minimum absolute atomic E-state index is 0. The summed E-state index contributed by atoms with van der Waals surface area (Å²) in [6.45, 7) is 3.07. The molecule has 0 saturated carbocycles. The molecule has 0 bridgehead atoms. The van der Waals surface area contributed by atoms with Crippen LogP contribution in [-0.4, -0.2) is 61.5 Å². The number of halogens is 4. The lowest BCUT2D eigenvalue weighted by Gasteiger charge is -2.36. The van der Waals surface area contributed by atoms with Gasteiger partial charge in [0.05, 0.1) is 0 Å². The first-order chi connectivity index (χ1) is 11.9. The van der Waals surface area contributed by atoms with E-state index in [-0.39, 0.29) is 24.2 Å². The van der Waals surface area contributed by atoms with Crippen LogP contribution in [0.15, 0.2) is 35.2 Å². The molecule has 9 heteroatoms. The maximum Gasteiger partial charge on any atom is 0.405 e. The summed E-state index contributed by atoms with van der Waals surface area (Å²) in [4.78, 5) is 14.6. The zero-order valence-corrected chi connectivity index (χ0v) is 16.2. The number of nitrogens with zero attached hydrogens (tertiary/aromatic N) is 1. The Morgan fingerprint density at radius 3 is 2.46 bits per heavy atom. The molecule has 1 aromatic rings. The van der Waals surface area contributed by atoms with E-state index >= 15 is 0 Å². The van der Waals surface area contributed by atoms with Gasteiger partial charge >= 0.3 is 6.18 Å². The molecule has 4 nitrogen and oxygen atoms in total. The zero-order valence-electron chi connectivity index (χ0n) is 14.6. The Morgan fingerprint density at radius 1 is 1.27 bits per heavy atom. The second-order valence-electron chi connectivity index (χ2n) is 6.11. The van der Waals surface area contributed by atoms with Gasteiger partial charge in [0.15, 0.2) is 0 Å². The molecular weight excluding hydrogens is 387 g/mol. The highest BCUT2D eigenvalue weighted by molar-refractivity contribution is 7.99. The van der Waals surface area contributed by atoms with E-state index in [4.69, 9.17) is 0 Å². The van der Waals surface area contributed by atoms with Gasteiger partial charge in [-0.15, -0.1) is 24.2 Å². The molecule has 2 rings (SSSR count). The van der Waals surface area contributed by atoms with Gasteiger partial charge in [0.25, 0.3) is 0 Å². The molecule has 0 spiro atoms. The van der Waals surface area contributed by atoms with E-state index < -0.39 is 18.8 Å². The van der Waals surface area contributed by atoms with Crippen LogP contribution in [0.5, 0.6) is 0 Å². The number of carbonyl (C=O) groups is 1. The molecule has 148 valence electrons. The molecule has 1 amide bonds. The fourth-order valence-electron chi connectivity index (χ4n) is 2.63. The number of alkyl halides is 3. The van der Waals surface area contributed by atoms with E-state index in [1.807, 2.05) is 30.3 Å². The summed E-state index contributed by atoms with van der Waals surface area (Å²) in [5.41, 5.74) is 0. The number of nitrogens with one attached hydrogen (secondary N) is 2. The lowest BCUT2D eigenvalue weighted by Crippen LogP contribution is -2.57. The summed E-state index contributed by atoms with van der Waals surface area (Å²) >= 11 is 1.52. The van der Waals surface area contributed by atoms with E-state index in [2.05, 4.69) is 10.6 Å². The monoisotopic (exact) mass is 411 g/mol. The number of benzene rings is 1. The third kappa shape index (κ3) is 7.34. The van der Waals surface area contributed by atoms with E-state index in [0.29, 0.717) is 31.9 Å². The van der Waals surface area contributed by atoms with Crippen LogP contribution < -0.4 is 10.6 Å². The Kier molecular flexibility index (Phi) is 9.78. The van der Waals surface area contributed by atoms with Crippen LogP contribution in [0.4, 0.5) is 13.2 Å². The largest absolute Gasteiger partial charge is 0.405 e. The Hall–Kier alpha value is -0.960. The zero-order chi connectivity index (χ0) is 18.3. The van der Waals surface area contributed by atoms with E-state index in [1.165, 1.54) is 16.7 Å². The molecule has 0 aromatic heterocycles. The van der Waals surface area contributed by atoms with Gasteiger partial charge in [-0.05, 0) is 12.1 Å². The summed E-state index contributed by atoms with van der Waals surface area (Å²) in [7, 11) is 0. The van der Waals surface area contributed by atoms with Gasteiger partial charge in [-0.1, -0.05) is 25.1 Å². The highest BCUT2D eigenvalue weighted by atomic mass is 35.5. The van der Waals surface area contributed by atoms with Crippen LogP contribution in [0.2, 0.25) is 0 Å². The smallest absolute Gasteiger partial charge is 0.354 e. The summed E-state index contributed by atoms with van der Waals surface area (Å²) in [6.07, 6.45) is -4.35. The number of carbonyl (C=O) groups excluding carboxylic acids is 1. The van der Waals surface area contributed by atoms with E-state index in [1.54, 1.807) is 6.92 Å². The molecule has 0 radical (unpaired) electrons. The predicted octanol–water partition coefficient (Wildman–Crippen LogP) is 2.79. The van der Waals surface area contributed by atoms with Crippen molar-refractivity contribution in [3.63, 3.8) is 0 Å². The topological polar surface area (TPSA) is 44.4 Å². The van der Waals surface area contributed by atoms with Crippen molar-refractivity contribution in [3.05, 3.63) is 30.3 Å². The molecular formula is C17H25ClF3N3OS. The van der Waals surface area contributed by atoms with Crippen LogP contribution in [0.3, 0.4) is 0 Å². The van der Waals surface area contributed by atoms with Crippen molar-refractivity contribution in [2.45, 2.75) is 24.0 Å². The summed E-state index contributed by atoms with van der Waals surface area (Å²) in [5.74, 6) is -0.171. The SMILES string of the molecule is CC(CSc1ccccc1)C(=O)NCC(N1CCNCC1)C(F)(F)F.Cl. The van der Waals surface area contributed by atoms with Crippen molar-refractivity contribution >= 4 is 30.1 Å². The minimum atomic E-state index is -4.35. The summed E-state index contributed by atoms with van der Waals surface area (Å²) < 4.78 is 39.9. The van der Waals surface area contributed by atoms with Crippen LogP contribution in [0.25, 0.3) is 0 Å². The average molecular weight is 412 g/mol. The molecule has 0 aliphatic carbocycles. The lowest BCUT2D eigenvalue weighted by molar-refractivity contribution is -0.184. The molecule has 1 aromatic carbocycles. The number of hydrogen-bond acceptors (Lipinski definition) is 4. The first-order valence-electron chi connectivity index (χ1n) is 8.35. The van der Waals surface area contributed by atoms with Crippen LogP contribution in [-0.2, 0) is 4.79 Å². The molecule has 2 N–H and O–H groups in total. The average Bonchev–Trinajstić information content (AvgIpc) is 2.60. The van der Waals surface area contributed by atoms with Crippen molar-refractivity contribution < 1.29 is 18.0 Å². The standard InChI is InChI=1S/C17H24F3N3OS.ClH/c1-13(12-25-14-5-3-2-4-6-14)16(24)22-11-15(17(18,19)20)23-9-7-21-8-10-23;/h2-6,13,15,21H,7-12H2,1H3,(H,22,24);1H. The van der Waals surface area contributed by atoms with Crippen molar-refractivity contribution in [2.24, 2.45) is 5.92 Å². The van der Waals surface area contributed by atoms with Gasteiger partial charge in [0.2, 0.25) is 5.91 Å². The highest BCUT2D eigenvalue weighted by Gasteiger charge is 2.43. The van der Waals surface area contributed by atoms with Crippen LogP contribution in [0, 0.1) is 5.92 Å². The molecule has 1 aliphatic rings. The minimum Gasteiger partial charge on any atom is -0.354 e. The fraction of sp³-hybridized carbons (Fsp3) is 0.588. The number of piperazine rings is 1. The number of hydrogen-bond donors (Lipinski definition) is 2.